The molecule has 0 amide bonds. The summed E-state index contributed by atoms with van der Waals surface area (Å²) in [5, 5.41) is 10.1. The fourth-order valence-electron chi connectivity index (χ4n) is 7.86. The molecule has 5 nitrogen and oxygen atoms in total. The van der Waals surface area contributed by atoms with Gasteiger partial charge < -0.3 is 0 Å². The number of aromatic nitrogens is 5. The van der Waals surface area contributed by atoms with Gasteiger partial charge in [-0.25, -0.2) is 19.5 Å². The number of rotatable bonds is 6. The molecule has 0 aliphatic carbocycles. The molecule has 6 heteroatoms. The van der Waals surface area contributed by atoms with Crippen molar-refractivity contribution in [2.45, 2.75) is 0 Å². The van der Waals surface area contributed by atoms with Gasteiger partial charge in [0, 0.05) is 58.9 Å². The highest BCUT2D eigenvalue weighted by atomic mass is 32.1. The molecule has 4 aromatic heterocycles. The molecule has 0 aliphatic heterocycles. The zero-order chi connectivity index (χ0) is 37.0. The molecular weight excluding hydrogens is 703 g/mol. The van der Waals surface area contributed by atoms with E-state index in [0.29, 0.717) is 17.5 Å². The van der Waals surface area contributed by atoms with E-state index in [2.05, 4.69) is 174 Å². The maximum Gasteiger partial charge on any atom is 0.164 e. The lowest BCUT2D eigenvalue weighted by atomic mass is 9.96. The average molecular weight is 734 g/mol. The molecule has 0 fully saturated rings. The molecule has 0 aliphatic rings. The zero-order valence-electron chi connectivity index (χ0n) is 30.0. The van der Waals surface area contributed by atoms with Gasteiger partial charge in [0.2, 0.25) is 0 Å². The van der Waals surface area contributed by atoms with Crippen LogP contribution < -0.4 is 0 Å². The first-order chi connectivity index (χ1) is 27.8. The van der Waals surface area contributed by atoms with Gasteiger partial charge in [-0.3, -0.25) is 0 Å². The second kappa shape index (κ2) is 13.2. The molecule has 11 rings (SSSR count). The minimum Gasteiger partial charge on any atom is -0.231 e. The molecule has 0 saturated carbocycles. The third-order valence-electron chi connectivity index (χ3n) is 10.5. The normalized spacial score (nSPS) is 11.6. The highest BCUT2D eigenvalue weighted by Gasteiger charge is 2.22. The summed E-state index contributed by atoms with van der Waals surface area (Å²) >= 11 is 1.79. The van der Waals surface area contributed by atoms with Crippen molar-refractivity contribution in [3.05, 3.63) is 188 Å². The van der Waals surface area contributed by atoms with Gasteiger partial charge in [0.1, 0.15) is 5.69 Å². The van der Waals surface area contributed by atoms with Crippen molar-refractivity contribution in [1.82, 2.24) is 24.6 Å². The SMILES string of the molecule is c1ccc(-c2nc(-c3ccc(-c4nn5c(-c6ccccc6)cc6ccccc6c5c4-c4ccccc4)cc3)nc(-c3cccc4sc5ccccc5c34)n2)cc1. The number of hydrogen-bond acceptors (Lipinski definition) is 5. The van der Waals surface area contributed by atoms with Gasteiger partial charge in [-0.2, -0.15) is 5.10 Å². The first kappa shape index (κ1) is 32.2. The Balaban J connectivity index is 1.11. The van der Waals surface area contributed by atoms with E-state index in [0.717, 1.165) is 61.2 Å². The van der Waals surface area contributed by atoms with E-state index >= 15 is 0 Å². The number of benzene rings is 7. The second-order valence-electron chi connectivity index (χ2n) is 13.9. The lowest BCUT2D eigenvalue weighted by Gasteiger charge is -2.11. The lowest BCUT2D eigenvalue weighted by Crippen LogP contribution is -2.00. The van der Waals surface area contributed by atoms with Crippen molar-refractivity contribution in [3.63, 3.8) is 0 Å². The van der Waals surface area contributed by atoms with E-state index in [1.807, 2.05) is 18.2 Å². The van der Waals surface area contributed by atoms with Crippen LogP contribution in [0.15, 0.2) is 188 Å². The maximum absolute atomic E-state index is 5.42. The molecule has 0 spiro atoms. The van der Waals surface area contributed by atoms with Crippen molar-refractivity contribution in [1.29, 1.82) is 0 Å². The Hall–Kier alpha value is -7.28. The van der Waals surface area contributed by atoms with Crippen LogP contribution in [0.3, 0.4) is 0 Å². The molecule has 0 radical (unpaired) electrons. The van der Waals surface area contributed by atoms with Gasteiger partial charge in [0.25, 0.3) is 0 Å². The van der Waals surface area contributed by atoms with Crippen LogP contribution in [-0.2, 0) is 0 Å². The van der Waals surface area contributed by atoms with Crippen LogP contribution in [0.5, 0.6) is 0 Å². The lowest BCUT2D eigenvalue weighted by molar-refractivity contribution is 0.979. The Morgan fingerprint density at radius 1 is 0.411 bits per heavy atom. The Labute approximate surface area is 326 Å². The van der Waals surface area contributed by atoms with E-state index in [9.17, 15) is 0 Å². The molecule has 56 heavy (non-hydrogen) atoms. The number of fused-ring (bicyclic) bond motifs is 6. The minimum absolute atomic E-state index is 0.618. The fraction of sp³-hybridized carbons (Fsp3) is 0. The topological polar surface area (TPSA) is 56.0 Å². The largest absolute Gasteiger partial charge is 0.231 e. The van der Waals surface area contributed by atoms with Crippen LogP contribution in [0.25, 0.3) is 104 Å². The average Bonchev–Trinajstić information content (AvgIpc) is 3.87. The first-order valence-corrected chi connectivity index (χ1v) is 19.5. The molecular formula is C50H31N5S. The Kier molecular flexibility index (Phi) is 7.60. The number of pyridine rings is 1. The second-order valence-corrected chi connectivity index (χ2v) is 14.9. The first-order valence-electron chi connectivity index (χ1n) is 18.7. The maximum atomic E-state index is 5.42. The van der Waals surface area contributed by atoms with Crippen molar-refractivity contribution >= 4 is 47.8 Å². The van der Waals surface area contributed by atoms with E-state index in [-0.39, 0.29) is 0 Å². The minimum atomic E-state index is 0.618. The Bertz CT molecular complexity index is 3230. The highest BCUT2D eigenvalue weighted by Crippen LogP contribution is 2.42. The summed E-state index contributed by atoms with van der Waals surface area (Å²) in [4.78, 5) is 15.4. The smallest absolute Gasteiger partial charge is 0.164 e. The number of nitrogens with zero attached hydrogens (tertiary/aromatic N) is 5. The predicted octanol–water partition coefficient (Wildman–Crippen LogP) is 13.0. The molecule has 4 heterocycles. The summed E-state index contributed by atoms with van der Waals surface area (Å²) in [5.41, 5.74) is 10.2. The van der Waals surface area contributed by atoms with Crippen LogP contribution in [0.2, 0.25) is 0 Å². The summed E-state index contributed by atoms with van der Waals surface area (Å²) < 4.78 is 4.58. The quantitative estimate of drug-likeness (QED) is 0.171. The van der Waals surface area contributed by atoms with Gasteiger partial charge in [-0.05, 0) is 29.1 Å². The third kappa shape index (κ3) is 5.38. The Morgan fingerprint density at radius 2 is 0.964 bits per heavy atom. The molecule has 0 atom stereocenters. The third-order valence-corrected chi connectivity index (χ3v) is 11.6. The zero-order valence-corrected chi connectivity index (χ0v) is 30.9. The van der Waals surface area contributed by atoms with E-state index in [1.54, 1.807) is 11.3 Å². The van der Waals surface area contributed by atoms with E-state index < -0.39 is 0 Å². The molecule has 0 unspecified atom stereocenters. The summed E-state index contributed by atoms with van der Waals surface area (Å²) in [6, 6.07) is 65.6. The standard InChI is InChI=1S/C50H31N5S/c1-4-15-32(16-5-1)41-31-37-21-10-11-22-38(37)47-44(33-17-6-2-7-18-33)46(54-55(41)47)34-27-29-36(30-28-34)49-51-48(35-19-8-3-9-20-35)52-50(53-49)40-24-14-26-43-45(40)39-23-12-13-25-42(39)56-43/h1-31H. The van der Waals surface area contributed by atoms with Crippen LogP contribution in [-0.4, -0.2) is 24.6 Å². The van der Waals surface area contributed by atoms with Crippen molar-refractivity contribution in [2.24, 2.45) is 0 Å². The van der Waals surface area contributed by atoms with Gasteiger partial charge in [-0.1, -0.05) is 170 Å². The summed E-state index contributed by atoms with van der Waals surface area (Å²) in [6.07, 6.45) is 0. The van der Waals surface area contributed by atoms with Gasteiger partial charge in [0.15, 0.2) is 17.5 Å². The summed E-state index contributed by atoms with van der Waals surface area (Å²) in [7, 11) is 0. The van der Waals surface area contributed by atoms with Gasteiger partial charge in [0.05, 0.1) is 11.2 Å². The Morgan fingerprint density at radius 3 is 1.70 bits per heavy atom. The molecule has 11 aromatic rings. The van der Waals surface area contributed by atoms with Gasteiger partial charge in [-0.15, -0.1) is 11.3 Å². The summed E-state index contributed by atoms with van der Waals surface area (Å²) in [5.74, 6) is 1.91. The van der Waals surface area contributed by atoms with Crippen LogP contribution >= 0.6 is 11.3 Å². The summed E-state index contributed by atoms with van der Waals surface area (Å²) in [6.45, 7) is 0. The van der Waals surface area contributed by atoms with E-state index in [4.69, 9.17) is 20.1 Å². The van der Waals surface area contributed by atoms with Crippen molar-refractivity contribution < 1.29 is 0 Å². The number of hydrogen-bond donors (Lipinski definition) is 0. The predicted molar refractivity (Wildman–Crippen MR) is 232 cm³/mol. The van der Waals surface area contributed by atoms with Crippen molar-refractivity contribution in [2.75, 3.05) is 0 Å². The van der Waals surface area contributed by atoms with Crippen LogP contribution in [0, 0.1) is 0 Å². The van der Waals surface area contributed by atoms with Crippen molar-refractivity contribution in [3.8, 4) is 67.8 Å². The molecule has 0 bridgehead atoms. The van der Waals surface area contributed by atoms with Gasteiger partial charge >= 0.3 is 0 Å². The number of thiophene rings is 1. The molecule has 262 valence electrons. The molecule has 7 aromatic carbocycles. The highest BCUT2D eigenvalue weighted by molar-refractivity contribution is 7.25. The fourth-order valence-corrected chi connectivity index (χ4v) is 9.00. The van der Waals surface area contributed by atoms with Crippen LogP contribution in [0.4, 0.5) is 0 Å². The van der Waals surface area contributed by atoms with Crippen LogP contribution in [0.1, 0.15) is 0 Å². The molecule has 0 saturated heterocycles. The van der Waals surface area contributed by atoms with E-state index in [1.165, 1.54) is 25.6 Å². The molecule has 0 N–H and O–H groups in total. The monoisotopic (exact) mass is 733 g/mol.